The lowest BCUT2D eigenvalue weighted by Crippen LogP contribution is -2.45. The Kier molecular flexibility index (Phi) is 5.12. The summed E-state index contributed by atoms with van der Waals surface area (Å²) < 4.78 is 0.596. The van der Waals surface area contributed by atoms with Gasteiger partial charge in [0.05, 0.1) is 4.47 Å². The molecule has 7 nitrogen and oxygen atoms in total. The van der Waals surface area contributed by atoms with E-state index in [1.54, 1.807) is 23.3 Å². The zero-order valence-electron chi connectivity index (χ0n) is 12.2. The Morgan fingerprint density at radius 3 is 2.95 bits per heavy atom. The van der Waals surface area contributed by atoms with E-state index >= 15 is 0 Å². The van der Waals surface area contributed by atoms with E-state index in [2.05, 4.69) is 36.3 Å². The van der Waals surface area contributed by atoms with Gasteiger partial charge in [0.25, 0.3) is 5.91 Å². The van der Waals surface area contributed by atoms with Crippen LogP contribution < -0.4 is 10.4 Å². The van der Waals surface area contributed by atoms with Gasteiger partial charge in [0.15, 0.2) is 5.82 Å². The normalized spacial score (nSPS) is 10.3. The van der Waals surface area contributed by atoms with Gasteiger partial charge < -0.3 is 4.98 Å². The molecule has 2 aromatic rings. The van der Waals surface area contributed by atoms with E-state index in [0.29, 0.717) is 22.5 Å². The lowest BCUT2D eigenvalue weighted by atomic mass is 10.2. The number of amides is 1. The summed E-state index contributed by atoms with van der Waals surface area (Å²) >= 11 is 3.35. The number of hydrogen-bond donors (Lipinski definition) is 2. The number of carbonyl (C=O) groups is 1. The van der Waals surface area contributed by atoms with Crippen molar-refractivity contribution < 1.29 is 4.79 Å². The molecule has 0 aliphatic carbocycles. The lowest BCUT2D eigenvalue weighted by molar-refractivity contribution is 0.0943. The van der Waals surface area contributed by atoms with Crippen molar-refractivity contribution in [2.75, 3.05) is 11.6 Å². The van der Waals surface area contributed by atoms with Crippen LogP contribution in [0.25, 0.3) is 0 Å². The molecule has 2 N–H and O–H groups in total. The molecule has 0 atom stereocenters. The number of aromatic amines is 1. The molecule has 114 valence electrons. The highest BCUT2D eigenvalue weighted by atomic mass is 79.9. The minimum Gasteiger partial charge on any atom is -0.357 e. The first-order chi connectivity index (χ1) is 10.5. The zero-order chi connectivity index (χ0) is 16.1. The molecule has 1 amide bonds. The van der Waals surface area contributed by atoms with Crippen LogP contribution in [0, 0.1) is 17.2 Å². The van der Waals surface area contributed by atoms with Crippen molar-refractivity contribution >= 4 is 27.7 Å². The van der Waals surface area contributed by atoms with Gasteiger partial charge in [0, 0.05) is 18.9 Å². The molecule has 0 spiro atoms. The Labute approximate surface area is 136 Å². The smallest absolute Gasteiger partial charge is 0.286 e. The Morgan fingerprint density at radius 2 is 2.36 bits per heavy atom. The van der Waals surface area contributed by atoms with E-state index in [1.165, 1.54) is 6.20 Å². The molecule has 0 saturated heterocycles. The summed E-state index contributed by atoms with van der Waals surface area (Å²) in [5.74, 6) is 0.479. The first-order valence-electron chi connectivity index (χ1n) is 6.65. The molecular weight excluding hydrogens is 348 g/mol. The van der Waals surface area contributed by atoms with Crippen LogP contribution in [0.15, 0.2) is 29.0 Å². The molecule has 0 unspecified atom stereocenters. The summed E-state index contributed by atoms with van der Waals surface area (Å²) in [5.41, 5.74) is 3.24. The predicted molar refractivity (Wildman–Crippen MR) is 84.9 cm³/mol. The Balaban J connectivity index is 2.30. The highest BCUT2D eigenvalue weighted by Crippen LogP contribution is 2.22. The molecule has 8 heteroatoms. The van der Waals surface area contributed by atoms with Crippen molar-refractivity contribution in [3.8, 4) is 6.07 Å². The van der Waals surface area contributed by atoms with Crippen LogP contribution in [0.2, 0.25) is 0 Å². The second kappa shape index (κ2) is 7.04. The molecule has 2 aromatic heterocycles. The van der Waals surface area contributed by atoms with Crippen molar-refractivity contribution in [2.24, 2.45) is 5.92 Å². The number of nitrogens with zero attached hydrogens (tertiary/aromatic N) is 4. The summed E-state index contributed by atoms with van der Waals surface area (Å²) in [7, 11) is 0. The number of hydrazine groups is 1. The number of carbonyl (C=O) groups excluding carboxylic acids is 1. The molecule has 0 bridgehead atoms. The minimum absolute atomic E-state index is 0.0427. The van der Waals surface area contributed by atoms with Crippen molar-refractivity contribution in [2.45, 2.75) is 13.8 Å². The molecule has 0 saturated carbocycles. The van der Waals surface area contributed by atoms with Crippen LogP contribution in [-0.2, 0) is 0 Å². The van der Waals surface area contributed by atoms with Crippen LogP contribution in [0.1, 0.15) is 30.2 Å². The van der Waals surface area contributed by atoms with Crippen LogP contribution in [-0.4, -0.2) is 27.4 Å². The quantitative estimate of drug-likeness (QED) is 0.794. The fraction of sp³-hybridized carbons (Fsp3) is 0.286. The molecule has 2 rings (SSSR count). The first kappa shape index (κ1) is 16.0. The monoisotopic (exact) mass is 362 g/mol. The standard InChI is InChI=1S/C14H15BrN6O/c1-9(2)8-21(20-14(22)11-4-3-5-17-11)13-10(15)7-18-12(6-16)19-13/h3-5,7,9,17H,8H2,1-2H3,(H,20,22). The highest BCUT2D eigenvalue weighted by Gasteiger charge is 2.18. The molecular formula is C14H15BrN6O. The van der Waals surface area contributed by atoms with Gasteiger partial charge in [-0.15, -0.1) is 0 Å². The second-order valence-corrected chi connectivity index (χ2v) is 5.86. The van der Waals surface area contributed by atoms with E-state index < -0.39 is 0 Å². The number of H-pyrrole nitrogens is 1. The molecule has 0 aliphatic heterocycles. The zero-order valence-corrected chi connectivity index (χ0v) is 13.8. The largest absolute Gasteiger partial charge is 0.357 e. The third-order valence-corrected chi connectivity index (χ3v) is 3.27. The average molecular weight is 363 g/mol. The first-order valence-corrected chi connectivity index (χ1v) is 7.45. The van der Waals surface area contributed by atoms with Crippen LogP contribution in [0.5, 0.6) is 0 Å². The number of nitrogens with one attached hydrogen (secondary N) is 2. The number of rotatable bonds is 5. The van der Waals surface area contributed by atoms with Crippen molar-refractivity contribution in [3.63, 3.8) is 0 Å². The van der Waals surface area contributed by atoms with E-state index in [-0.39, 0.29) is 17.6 Å². The molecule has 0 aliphatic rings. The van der Waals surface area contributed by atoms with Gasteiger partial charge in [-0.2, -0.15) is 10.2 Å². The Hall–Kier alpha value is -2.40. The highest BCUT2D eigenvalue weighted by molar-refractivity contribution is 9.10. The van der Waals surface area contributed by atoms with Gasteiger partial charge in [0.2, 0.25) is 5.82 Å². The van der Waals surface area contributed by atoms with Gasteiger partial charge in [-0.05, 0) is 34.0 Å². The Morgan fingerprint density at radius 1 is 1.59 bits per heavy atom. The van der Waals surface area contributed by atoms with Crippen LogP contribution in [0.4, 0.5) is 5.82 Å². The van der Waals surface area contributed by atoms with Gasteiger partial charge >= 0.3 is 0 Å². The summed E-state index contributed by atoms with van der Waals surface area (Å²) in [6, 6.07) is 5.32. The topological polar surface area (TPSA) is 97.7 Å². The second-order valence-electron chi connectivity index (χ2n) is 5.01. The van der Waals surface area contributed by atoms with Crippen molar-refractivity contribution in [1.29, 1.82) is 5.26 Å². The number of anilines is 1. The SMILES string of the molecule is CC(C)CN(NC(=O)c1ccc[nH]1)c1nc(C#N)ncc1Br. The predicted octanol–water partition coefficient (Wildman–Crippen LogP) is 2.25. The third-order valence-electron chi connectivity index (χ3n) is 2.71. The maximum atomic E-state index is 12.2. The lowest BCUT2D eigenvalue weighted by Gasteiger charge is -2.26. The van der Waals surface area contributed by atoms with E-state index in [9.17, 15) is 4.79 Å². The summed E-state index contributed by atoms with van der Waals surface area (Å²) in [5, 5.41) is 10.6. The maximum absolute atomic E-state index is 12.2. The maximum Gasteiger partial charge on any atom is 0.286 e. The van der Waals surface area contributed by atoms with Crippen molar-refractivity contribution in [1.82, 2.24) is 20.4 Å². The average Bonchev–Trinajstić information content (AvgIpc) is 3.01. The number of aromatic nitrogens is 3. The molecule has 2 heterocycles. The molecule has 0 radical (unpaired) electrons. The summed E-state index contributed by atoms with van der Waals surface area (Å²) in [6.07, 6.45) is 3.17. The van der Waals surface area contributed by atoms with E-state index in [0.717, 1.165) is 0 Å². The summed E-state index contributed by atoms with van der Waals surface area (Å²) in [4.78, 5) is 23.1. The van der Waals surface area contributed by atoms with Gasteiger partial charge in [-0.3, -0.25) is 15.2 Å². The fourth-order valence-corrected chi connectivity index (χ4v) is 2.21. The van der Waals surface area contributed by atoms with Crippen molar-refractivity contribution in [3.05, 3.63) is 40.5 Å². The Bertz CT molecular complexity index is 692. The van der Waals surface area contributed by atoms with Gasteiger partial charge in [-0.1, -0.05) is 13.8 Å². The van der Waals surface area contributed by atoms with Crippen LogP contribution >= 0.6 is 15.9 Å². The van der Waals surface area contributed by atoms with E-state index in [4.69, 9.17) is 5.26 Å². The number of nitriles is 1. The molecule has 0 fully saturated rings. The van der Waals surface area contributed by atoms with Gasteiger partial charge in [0.1, 0.15) is 11.8 Å². The number of halogens is 1. The van der Waals surface area contributed by atoms with Gasteiger partial charge in [-0.25, -0.2) is 4.98 Å². The van der Waals surface area contributed by atoms with E-state index in [1.807, 2.05) is 19.9 Å². The molecule has 22 heavy (non-hydrogen) atoms. The fourth-order valence-electron chi connectivity index (χ4n) is 1.81. The molecule has 0 aromatic carbocycles. The minimum atomic E-state index is -0.283. The number of hydrogen-bond acceptors (Lipinski definition) is 5. The summed E-state index contributed by atoms with van der Waals surface area (Å²) in [6.45, 7) is 4.58. The third kappa shape index (κ3) is 3.83. The van der Waals surface area contributed by atoms with Crippen LogP contribution in [0.3, 0.4) is 0 Å².